The maximum absolute atomic E-state index is 9.04. The normalized spacial score (nSPS) is 10.5. The van der Waals surface area contributed by atoms with Crippen LogP contribution in [-0.4, -0.2) is 10.1 Å². The minimum absolute atomic E-state index is 0.0756. The summed E-state index contributed by atoms with van der Waals surface area (Å²) in [6.07, 6.45) is 0.991. The van der Waals surface area contributed by atoms with Crippen LogP contribution in [0.3, 0.4) is 0 Å². The first-order valence-electron chi connectivity index (χ1n) is 5.68. The molecule has 3 nitrogen and oxygen atoms in total. The van der Waals surface area contributed by atoms with Crippen LogP contribution in [0.25, 0.3) is 0 Å². The average molecular weight is 248 g/mol. The molecule has 0 saturated carbocycles. The van der Waals surface area contributed by atoms with Gasteiger partial charge in [0.25, 0.3) is 0 Å². The van der Waals surface area contributed by atoms with Crippen molar-refractivity contribution in [3.05, 3.63) is 45.9 Å². The summed E-state index contributed by atoms with van der Waals surface area (Å²) in [5.41, 5.74) is 3.01. The van der Waals surface area contributed by atoms with Gasteiger partial charge in [-0.3, -0.25) is 0 Å². The van der Waals surface area contributed by atoms with E-state index >= 15 is 0 Å². The maximum Gasteiger partial charge on any atom is 0.0926 e. The Morgan fingerprint density at radius 1 is 1.41 bits per heavy atom. The summed E-state index contributed by atoms with van der Waals surface area (Å²) in [6.45, 7) is 2.92. The number of nitrogens with zero attached hydrogens (tertiary/aromatic N) is 1. The fourth-order valence-corrected chi connectivity index (χ4v) is 2.31. The smallest absolute Gasteiger partial charge is 0.0926 e. The lowest BCUT2D eigenvalue weighted by Crippen LogP contribution is -2.00. The highest BCUT2D eigenvalue weighted by Crippen LogP contribution is 2.14. The highest BCUT2D eigenvalue weighted by Gasteiger charge is 2.00. The van der Waals surface area contributed by atoms with Crippen molar-refractivity contribution < 1.29 is 5.11 Å². The minimum Gasteiger partial charge on any atom is -0.392 e. The molecule has 0 fully saturated rings. The lowest BCUT2D eigenvalue weighted by atomic mass is 10.2. The van der Waals surface area contributed by atoms with E-state index in [0.717, 1.165) is 29.9 Å². The quantitative estimate of drug-likeness (QED) is 0.855. The molecule has 0 spiro atoms. The van der Waals surface area contributed by atoms with Gasteiger partial charge >= 0.3 is 0 Å². The van der Waals surface area contributed by atoms with Gasteiger partial charge in [-0.2, -0.15) is 0 Å². The van der Waals surface area contributed by atoms with Crippen LogP contribution >= 0.6 is 11.3 Å². The molecule has 0 aliphatic rings. The third kappa shape index (κ3) is 3.28. The van der Waals surface area contributed by atoms with Crippen LogP contribution in [0.5, 0.6) is 0 Å². The van der Waals surface area contributed by atoms with Crippen molar-refractivity contribution in [2.24, 2.45) is 0 Å². The summed E-state index contributed by atoms with van der Waals surface area (Å²) in [6, 6.07) is 7.79. The number of benzene rings is 1. The van der Waals surface area contributed by atoms with E-state index in [1.807, 2.05) is 24.3 Å². The highest BCUT2D eigenvalue weighted by molar-refractivity contribution is 7.09. The molecule has 0 saturated heterocycles. The van der Waals surface area contributed by atoms with Gasteiger partial charge in [0.05, 0.1) is 23.9 Å². The van der Waals surface area contributed by atoms with Crippen LogP contribution in [0.4, 0.5) is 5.69 Å². The third-order valence-electron chi connectivity index (χ3n) is 2.48. The molecule has 0 atom stereocenters. The summed E-state index contributed by atoms with van der Waals surface area (Å²) < 4.78 is 0. The number of nitrogens with one attached hydrogen (secondary N) is 1. The van der Waals surface area contributed by atoms with E-state index < -0.39 is 0 Å². The van der Waals surface area contributed by atoms with Gasteiger partial charge in [-0.1, -0.05) is 19.1 Å². The SMILES string of the molecule is CCc1nc(CNc2cccc(CO)c2)cs1. The number of aliphatic hydroxyl groups excluding tert-OH is 1. The molecule has 1 aromatic heterocycles. The van der Waals surface area contributed by atoms with Gasteiger partial charge in [-0.25, -0.2) is 4.98 Å². The number of rotatable bonds is 5. The topological polar surface area (TPSA) is 45.2 Å². The molecule has 0 amide bonds. The van der Waals surface area contributed by atoms with Gasteiger partial charge < -0.3 is 10.4 Å². The summed E-state index contributed by atoms with van der Waals surface area (Å²) in [5, 5.41) is 15.6. The molecule has 2 aromatic rings. The molecule has 17 heavy (non-hydrogen) atoms. The van der Waals surface area contributed by atoms with Crippen molar-refractivity contribution in [1.29, 1.82) is 0 Å². The Balaban J connectivity index is 1.96. The number of thiazole rings is 1. The molecule has 0 unspecified atom stereocenters. The van der Waals surface area contributed by atoms with Crippen molar-refractivity contribution in [2.75, 3.05) is 5.32 Å². The average Bonchev–Trinajstić information content (AvgIpc) is 2.84. The van der Waals surface area contributed by atoms with Crippen LogP contribution in [0.1, 0.15) is 23.2 Å². The zero-order chi connectivity index (χ0) is 12.1. The van der Waals surface area contributed by atoms with E-state index in [1.54, 1.807) is 11.3 Å². The summed E-state index contributed by atoms with van der Waals surface area (Å²) in [7, 11) is 0. The van der Waals surface area contributed by atoms with Gasteiger partial charge in [0, 0.05) is 11.1 Å². The predicted molar refractivity (Wildman–Crippen MR) is 71.2 cm³/mol. The van der Waals surface area contributed by atoms with Crippen LogP contribution < -0.4 is 5.32 Å². The summed E-state index contributed by atoms with van der Waals surface area (Å²) in [5.74, 6) is 0. The van der Waals surface area contributed by atoms with E-state index in [2.05, 4.69) is 22.6 Å². The first-order valence-corrected chi connectivity index (χ1v) is 6.56. The lowest BCUT2D eigenvalue weighted by molar-refractivity contribution is 0.282. The molecule has 1 aromatic carbocycles. The van der Waals surface area contributed by atoms with Gasteiger partial charge in [0.15, 0.2) is 0 Å². The van der Waals surface area contributed by atoms with E-state index in [1.165, 1.54) is 5.01 Å². The number of hydrogen-bond acceptors (Lipinski definition) is 4. The monoisotopic (exact) mass is 248 g/mol. The van der Waals surface area contributed by atoms with Gasteiger partial charge in [0.1, 0.15) is 0 Å². The second-order valence-corrected chi connectivity index (χ2v) is 4.74. The fourth-order valence-electron chi connectivity index (χ4n) is 1.56. The van der Waals surface area contributed by atoms with E-state index in [0.29, 0.717) is 0 Å². The van der Waals surface area contributed by atoms with Crippen molar-refractivity contribution in [2.45, 2.75) is 26.5 Å². The Kier molecular flexibility index (Phi) is 4.12. The van der Waals surface area contributed by atoms with Crippen LogP contribution in [-0.2, 0) is 19.6 Å². The molecule has 0 aliphatic heterocycles. The molecule has 0 bridgehead atoms. The molecule has 4 heteroatoms. The van der Waals surface area contributed by atoms with Crippen molar-refractivity contribution >= 4 is 17.0 Å². The van der Waals surface area contributed by atoms with Gasteiger partial charge in [-0.15, -0.1) is 11.3 Å². The minimum atomic E-state index is 0.0756. The van der Waals surface area contributed by atoms with Crippen molar-refractivity contribution in [3.63, 3.8) is 0 Å². The molecule has 1 heterocycles. The maximum atomic E-state index is 9.04. The lowest BCUT2D eigenvalue weighted by Gasteiger charge is -2.05. The van der Waals surface area contributed by atoms with Crippen molar-refractivity contribution in [1.82, 2.24) is 4.98 Å². The van der Waals surface area contributed by atoms with Crippen LogP contribution in [0.2, 0.25) is 0 Å². The van der Waals surface area contributed by atoms with Gasteiger partial charge in [0.2, 0.25) is 0 Å². The summed E-state index contributed by atoms with van der Waals surface area (Å²) in [4.78, 5) is 4.49. The second kappa shape index (κ2) is 5.80. The summed E-state index contributed by atoms with van der Waals surface area (Å²) >= 11 is 1.70. The first-order chi connectivity index (χ1) is 8.31. The van der Waals surface area contributed by atoms with E-state index in [9.17, 15) is 0 Å². The zero-order valence-electron chi connectivity index (χ0n) is 9.81. The Morgan fingerprint density at radius 2 is 2.29 bits per heavy atom. The zero-order valence-corrected chi connectivity index (χ0v) is 10.6. The molecule has 2 N–H and O–H groups in total. The highest BCUT2D eigenvalue weighted by atomic mass is 32.1. The third-order valence-corrected chi connectivity index (χ3v) is 3.53. The fraction of sp³-hybridized carbons (Fsp3) is 0.308. The molecule has 90 valence electrons. The van der Waals surface area contributed by atoms with E-state index in [-0.39, 0.29) is 6.61 Å². The Hall–Kier alpha value is -1.39. The molecular weight excluding hydrogens is 232 g/mol. The van der Waals surface area contributed by atoms with Crippen LogP contribution in [0.15, 0.2) is 29.6 Å². The largest absolute Gasteiger partial charge is 0.392 e. The van der Waals surface area contributed by atoms with Crippen LogP contribution in [0, 0.1) is 0 Å². The van der Waals surface area contributed by atoms with Gasteiger partial charge in [-0.05, 0) is 24.1 Å². The number of hydrogen-bond donors (Lipinski definition) is 2. The molecule has 0 radical (unpaired) electrons. The van der Waals surface area contributed by atoms with E-state index in [4.69, 9.17) is 5.11 Å². The van der Waals surface area contributed by atoms with Crippen molar-refractivity contribution in [3.8, 4) is 0 Å². The number of aromatic nitrogens is 1. The molecular formula is C13H16N2OS. The second-order valence-electron chi connectivity index (χ2n) is 3.80. The number of anilines is 1. The first kappa shape index (κ1) is 12.1. The Labute approximate surface area is 105 Å². The number of aryl methyl sites for hydroxylation is 1. The Morgan fingerprint density at radius 3 is 3.00 bits per heavy atom. The predicted octanol–water partition coefficient (Wildman–Crippen LogP) is 2.81. The molecule has 2 rings (SSSR count). The number of aliphatic hydroxyl groups is 1. The standard InChI is InChI=1S/C13H16N2OS/c1-2-13-15-12(9-17-13)7-14-11-5-3-4-10(6-11)8-16/h3-6,9,14,16H,2,7-8H2,1H3. The molecule has 0 aliphatic carbocycles. The Bertz CT molecular complexity index is 482.